The monoisotopic (exact) mass is 297 g/mol. The van der Waals surface area contributed by atoms with Gasteiger partial charge in [0.25, 0.3) is 0 Å². The maximum absolute atomic E-state index is 10.6. The number of carboxylic acids is 1. The quantitative estimate of drug-likeness (QED) is 0.689. The fourth-order valence-corrected chi connectivity index (χ4v) is 2.42. The molecule has 0 aliphatic carbocycles. The van der Waals surface area contributed by atoms with Gasteiger partial charge in [-0.15, -0.1) is 10.2 Å². The Balaban J connectivity index is 2.07. The number of thioether (sulfide) groups is 1. The van der Waals surface area contributed by atoms with Crippen LogP contribution in [0.15, 0.2) is 17.4 Å². The van der Waals surface area contributed by atoms with E-state index in [0.29, 0.717) is 23.9 Å². The lowest BCUT2D eigenvalue weighted by molar-refractivity contribution is -0.133. The predicted molar refractivity (Wildman–Crippen MR) is 71.2 cm³/mol. The summed E-state index contributed by atoms with van der Waals surface area (Å²) in [6, 6.07) is 1.91. The number of aliphatic carboxylic acids is 1. The number of carbonyl (C=O) groups is 1. The van der Waals surface area contributed by atoms with Crippen LogP contribution < -0.4 is 0 Å². The molecular weight excluding hydrogens is 282 g/mol. The number of nitrogens with zero attached hydrogens (tertiary/aromatic N) is 5. The van der Waals surface area contributed by atoms with Crippen LogP contribution in [0.1, 0.15) is 11.5 Å². The molecule has 0 saturated heterocycles. The summed E-state index contributed by atoms with van der Waals surface area (Å²) in [6.07, 6.45) is 2.51. The zero-order valence-electron chi connectivity index (χ0n) is 10.9. The second kappa shape index (κ2) is 6.53. The summed E-state index contributed by atoms with van der Waals surface area (Å²) in [5.41, 5.74) is 0.916. The largest absolute Gasteiger partial charge is 0.481 e. The maximum atomic E-state index is 10.6. The Kier molecular flexibility index (Phi) is 4.74. The molecule has 0 bridgehead atoms. The van der Waals surface area contributed by atoms with E-state index in [2.05, 4.69) is 15.3 Å². The molecular formula is C11H15N5O3S. The number of carboxylic acid groups (broad SMARTS) is 1. The van der Waals surface area contributed by atoms with Gasteiger partial charge in [-0.25, -0.2) is 0 Å². The molecule has 8 nitrogen and oxygen atoms in total. The molecule has 0 fully saturated rings. The van der Waals surface area contributed by atoms with Gasteiger partial charge in [0.05, 0.1) is 11.4 Å². The van der Waals surface area contributed by atoms with Crippen molar-refractivity contribution in [3.63, 3.8) is 0 Å². The summed E-state index contributed by atoms with van der Waals surface area (Å²) in [5.74, 6) is -0.582. The minimum atomic E-state index is -0.917. The molecule has 0 amide bonds. The highest BCUT2D eigenvalue weighted by molar-refractivity contribution is 7.99. The summed E-state index contributed by atoms with van der Waals surface area (Å²) in [5, 5.41) is 30.5. The van der Waals surface area contributed by atoms with Crippen LogP contribution in [-0.2, 0) is 31.4 Å². The van der Waals surface area contributed by atoms with Crippen molar-refractivity contribution < 1.29 is 15.0 Å². The Morgan fingerprint density at radius 1 is 1.45 bits per heavy atom. The molecule has 2 rings (SSSR count). The molecule has 0 spiro atoms. The Hall–Kier alpha value is -1.87. The number of aliphatic hydroxyl groups is 1. The van der Waals surface area contributed by atoms with Crippen LogP contribution in [0.3, 0.4) is 0 Å². The van der Waals surface area contributed by atoms with Crippen molar-refractivity contribution in [2.24, 2.45) is 7.05 Å². The molecule has 9 heteroatoms. The highest BCUT2D eigenvalue weighted by atomic mass is 32.2. The molecule has 2 aromatic rings. The minimum Gasteiger partial charge on any atom is -0.481 e. The third-order valence-corrected chi connectivity index (χ3v) is 3.57. The fourth-order valence-electron chi connectivity index (χ4n) is 1.72. The van der Waals surface area contributed by atoms with Gasteiger partial charge in [-0.3, -0.25) is 9.48 Å². The Labute approximate surface area is 119 Å². The molecule has 108 valence electrons. The van der Waals surface area contributed by atoms with Crippen LogP contribution in [0.4, 0.5) is 0 Å². The molecule has 0 atom stereocenters. The van der Waals surface area contributed by atoms with Gasteiger partial charge in [-0.2, -0.15) is 5.10 Å². The van der Waals surface area contributed by atoms with Crippen LogP contribution in [0.2, 0.25) is 0 Å². The first-order valence-corrected chi connectivity index (χ1v) is 6.94. The summed E-state index contributed by atoms with van der Waals surface area (Å²) < 4.78 is 3.44. The molecule has 0 aliphatic rings. The maximum Gasteiger partial charge on any atom is 0.313 e. The normalized spacial score (nSPS) is 10.9. The Morgan fingerprint density at radius 3 is 2.85 bits per heavy atom. The molecule has 2 aromatic heterocycles. The van der Waals surface area contributed by atoms with Crippen LogP contribution in [0.5, 0.6) is 0 Å². The van der Waals surface area contributed by atoms with Gasteiger partial charge in [0.1, 0.15) is 6.61 Å². The lowest BCUT2D eigenvalue weighted by Crippen LogP contribution is -2.09. The van der Waals surface area contributed by atoms with E-state index in [-0.39, 0.29) is 12.4 Å². The SMILES string of the molecule is Cn1ccc(CCn2c(CO)nnc2SCC(=O)O)n1. The van der Waals surface area contributed by atoms with E-state index < -0.39 is 5.97 Å². The zero-order chi connectivity index (χ0) is 14.5. The first-order chi connectivity index (χ1) is 9.60. The predicted octanol–water partition coefficient (Wildman–Crippen LogP) is -0.0767. The number of hydrogen-bond donors (Lipinski definition) is 2. The minimum absolute atomic E-state index is 0.0901. The number of rotatable bonds is 7. The van der Waals surface area contributed by atoms with Crippen molar-refractivity contribution in [2.75, 3.05) is 5.75 Å². The fraction of sp³-hybridized carbons (Fsp3) is 0.455. The number of aromatic nitrogens is 5. The van der Waals surface area contributed by atoms with Gasteiger partial charge < -0.3 is 14.8 Å². The number of hydrogen-bond acceptors (Lipinski definition) is 6. The van der Waals surface area contributed by atoms with E-state index in [1.165, 1.54) is 0 Å². The average Bonchev–Trinajstić information content (AvgIpc) is 2.99. The van der Waals surface area contributed by atoms with Crippen LogP contribution >= 0.6 is 11.8 Å². The van der Waals surface area contributed by atoms with Gasteiger partial charge in [0, 0.05) is 26.2 Å². The molecule has 0 aliphatic heterocycles. The van der Waals surface area contributed by atoms with Crippen molar-refractivity contribution in [3.8, 4) is 0 Å². The van der Waals surface area contributed by atoms with E-state index in [0.717, 1.165) is 17.5 Å². The Morgan fingerprint density at radius 2 is 2.25 bits per heavy atom. The van der Waals surface area contributed by atoms with E-state index >= 15 is 0 Å². The summed E-state index contributed by atoms with van der Waals surface area (Å²) >= 11 is 1.08. The highest BCUT2D eigenvalue weighted by Gasteiger charge is 2.13. The van der Waals surface area contributed by atoms with Crippen LogP contribution in [-0.4, -0.2) is 46.5 Å². The van der Waals surface area contributed by atoms with Gasteiger partial charge in [0.15, 0.2) is 11.0 Å². The van der Waals surface area contributed by atoms with Gasteiger partial charge in [0.2, 0.25) is 0 Å². The second-order valence-corrected chi connectivity index (χ2v) is 5.06. The van der Waals surface area contributed by atoms with Crippen LogP contribution in [0, 0.1) is 0 Å². The first kappa shape index (κ1) is 14.5. The highest BCUT2D eigenvalue weighted by Crippen LogP contribution is 2.17. The lowest BCUT2D eigenvalue weighted by Gasteiger charge is -2.07. The van der Waals surface area contributed by atoms with Crippen molar-refractivity contribution in [3.05, 3.63) is 23.8 Å². The smallest absolute Gasteiger partial charge is 0.313 e. The molecule has 0 saturated carbocycles. The number of aryl methyl sites for hydroxylation is 2. The third kappa shape index (κ3) is 3.58. The molecule has 0 aromatic carbocycles. The van der Waals surface area contributed by atoms with Crippen molar-refractivity contribution in [1.82, 2.24) is 24.5 Å². The van der Waals surface area contributed by atoms with Crippen molar-refractivity contribution in [2.45, 2.75) is 24.7 Å². The second-order valence-electron chi connectivity index (χ2n) is 4.12. The van der Waals surface area contributed by atoms with Gasteiger partial charge >= 0.3 is 5.97 Å². The van der Waals surface area contributed by atoms with Gasteiger partial charge in [-0.05, 0) is 6.07 Å². The molecule has 2 N–H and O–H groups in total. The van der Waals surface area contributed by atoms with Crippen molar-refractivity contribution >= 4 is 17.7 Å². The van der Waals surface area contributed by atoms with Crippen LogP contribution in [0.25, 0.3) is 0 Å². The molecule has 20 heavy (non-hydrogen) atoms. The molecule has 0 radical (unpaired) electrons. The lowest BCUT2D eigenvalue weighted by atomic mass is 10.3. The summed E-state index contributed by atoms with van der Waals surface area (Å²) in [4.78, 5) is 10.6. The third-order valence-electron chi connectivity index (χ3n) is 2.62. The molecule has 0 unspecified atom stereocenters. The summed E-state index contributed by atoms with van der Waals surface area (Å²) in [7, 11) is 1.84. The van der Waals surface area contributed by atoms with E-state index in [1.54, 1.807) is 9.25 Å². The molecule has 2 heterocycles. The zero-order valence-corrected chi connectivity index (χ0v) is 11.7. The first-order valence-electron chi connectivity index (χ1n) is 5.96. The van der Waals surface area contributed by atoms with Gasteiger partial charge in [-0.1, -0.05) is 11.8 Å². The average molecular weight is 297 g/mol. The topological polar surface area (TPSA) is 106 Å². The number of aliphatic hydroxyl groups excluding tert-OH is 1. The van der Waals surface area contributed by atoms with E-state index in [9.17, 15) is 9.90 Å². The Bertz CT molecular complexity index is 595. The van der Waals surface area contributed by atoms with E-state index in [4.69, 9.17) is 5.11 Å². The standard InChI is InChI=1S/C11H15N5O3S/c1-15-4-2-8(14-15)3-5-16-9(6-17)12-13-11(16)20-7-10(18)19/h2,4,17H,3,5-7H2,1H3,(H,18,19). The van der Waals surface area contributed by atoms with E-state index in [1.807, 2.05) is 19.3 Å². The summed E-state index contributed by atoms with van der Waals surface area (Å²) in [6.45, 7) is 0.310. The van der Waals surface area contributed by atoms with Crippen molar-refractivity contribution in [1.29, 1.82) is 0 Å².